The summed E-state index contributed by atoms with van der Waals surface area (Å²) in [5, 5.41) is 3.94. The van der Waals surface area contributed by atoms with Crippen LogP contribution < -0.4 is 5.32 Å². The van der Waals surface area contributed by atoms with Gasteiger partial charge in [-0.05, 0) is 49.4 Å². The van der Waals surface area contributed by atoms with E-state index in [2.05, 4.69) is 11.4 Å². The van der Waals surface area contributed by atoms with Gasteiger partial charge in [-0.25, -0.2) is 0 Å². The van der Waals surface area contributed by atoms with Crippen molar-refractivity contribution in [1.82, 2.24) is 10.2 Å². The van der Waals surface area contributed by atoms with Gasteiger partial charge in [0, 0.05) is 23.4 Å². The van der Waals surface area contributed by atoms with Crippen molar-refractivity contribution < 1.29 is 9.59 Å². The Morgan fingerprint density at radius 3 is 2.52 bits per heavy atom. The zero-order chi connectivity index (χ0) is 23.6. The Labute approximate surface area is 207 Å². The second-order valence-corrected chi connectivity index (χ2v) is 10.3. The number of thioether (sulfide) groups is 1. The molecule has 4 nitrogen and oxygen atoms in total. The molecule has 1 aliphatic carbocycles. The number of carbonyl (C=O) groups excluding carboxylic acids is 2. The van der Waals surface area contributed by atoms with Gasteiger partial charge < -0.3 is 10.2 Å². The number of rotatable bonds is 10. The fraction of sp³-hybridized carbons (Fsp3) is 0.481. The molecule has 1 N–H and O–H groups in total. The largest absolute Gasteiger partial charge is 0.352 e. The molecule has 0 bridgehead atoms. The Morgan fingerprint density at radius 1 is 1.09 bits per heavy atom. The summed E-state index contributed by atoms with van der Waals surface area (Å²) in [6, 6.07) is 15.6. The third-order valence-corrected chi connectivity index (χ3v) is 7.38. The molecule has 0 unspecified atom stereocenters. The van der Waals surface area contributed by atoms with Crippen LogP contribution in [0.5, 0.6) is 0 Å². The number of benzene rings is 2. The van der Waals surface area contributed by atoms with Gasteiger partial charge >= 0.3 is 0 Å². The molecular formula is C27H35ClN2O2S. The maximum absolute atomic E-state index is 13.4. The van der Waals surface area contributed by atoms with Crippen molar-refractivity contribution in [2.45, 2.75) is 76.8 Å². The summed E-state index contributed by atoms with van der Waals surface area (Å²) < 4.78 is 0. The third kappa shape index (κ3) is 8.08. The second kappa shape index (κ2) is 13.0. The Bertz CT molecular complexity index is 930. The second-order valence-electron chi connectivity index (χ2n) is 8.90. The van der Waals surface area contributed by atoms with Crippen LogP contribution in [0.4, 0.5) is 0 Å². The van der Waals surface area contributed by atoms with E-state index in [4.69, 9.17) is 11.6 Å². The summed E-state index contributed by atoms with van der Waals surface area (Å²) in [5.74, 6) is 1.00. The highest BCUT2D eigenvalue weighted by atomic mass is 35.5. The predicted molar refractivity (Wildman–Crippen MR) is 138 cm³/mol. The van der Waals surface area contributed by atoms with E-state index in [-0.39, 0.29) is 17.9 Å². The van der Waals surface area contributed by atoms with Crippen molar-refractivity contribution >= 4 is 35.2 Å². The lowest BCUT2D eigenvalue weighted by Gasteiger charge is -2.33. The molecule has 2 aromatic rings. The maximum atomic E-state index is 13.4. The van der Waals surface area contributed by atoms with Crippen LogP contribution in [0, 0.1) is 6.92 Å². The highest BCUT2D eigenvalue weighted by molar-refractivity contribution is 7.99. The van der Waals surface area contributed by atoms with Crippen molar-refractivity contribution in [3.8, 4) is 0 Å². The Hall–Kier alpha value is -1.98. The van der Waals surface area contributed by atoms with Crippen molar-refractivity contribution in [3.63, 3.8) is 0 Å². The fourth-order valence-electron chi connectivity index (χ4n) is 4.44. The normalized spacial score (nSPS) is 15.1. The molecule has 6 heteroatoms. The van der Waals surface area contributed by atoms with Crippen LogP contribution >= 0.6 is 23.4 Å². The summed E-state index contributed by atoms with van der Waals surface area (Å²) >= 11 is 7.65. The molecule has 0 aromatic heterocycles. The van der Waals surface area contributed by atoms with Gasteiger partial charge in [-0.2, -0.15) is 0 Å². The van der Waals surface area contributed by atoms with E-state index >= 15 is 0 Å². The van der Waals surface area contributed by atoms with Crippen molar-refractivity contribution in [1.29, 1.82) is 0 Å². The SMILES string of the molecule is CC[C@@H](C(=O)NC1CCCCC1)N(Cc1cccc(C)c1)C(=O)CSCc1cccc(Cl)c1. The van der Waals surface area contributed by atoms with E-state index in [1.165, 1.54) is 6.42 Å². The van der Waals surface area contributed by atoms with Gasteiger partial charge in [0.05, 0.1) is 5.75 Å². The first kappa shape index (κ1) is 25.6. The van der Waals surface area contributed by atoms with Gasteiger partial charge in [0.1, 0.15) is 6.04 Å². The molecule has 2 amide bonds. The van der Waals surface area contributed by atoms with Gasteiger partial charge in [0.25, 0.3) is 0 Å². The molecule has 0 saturated heterocycles. The molecule has 178 valence electrons. The summed E-state index contributed by atoms with van der Waals surface area (Å²) in [6.07, 6.45) is 6.22. The quantitative estimate of drug-likeness (QED) is 0.439. The van der Waals surface area contributed by atoms with Crippen molar-refractivity contribution in [2.75, 3.05) is 5.75 Å². The Balaban J connectivity index is 1.70. The molecule has 0 aliphatic heterocycles. The van der Waals surface area contributed by atoms with Crippen LogP contribution in [0.15, 0.2) is 48.5 Å². The fourth-order valence-corrected chi connectivity index (χ4v) is 5.51. The van der Waals surface area contributed by atoms with Crippen LogP contribution in [0.25, 0.3) is 0 Å². The average Bonchev–Trinajstić information content (AvgIpc) is 2.79. The summed E-state index contributed by atoms with van der Waals surface area (Å²) in [5.41, 5.74) is 3.29. The molecule has 3 rings (SSSR count). The molecular weight excluding hydrogens is 452 g/mol. The molecule has 1 fully saturated rings. The Kier molecular flexibility index (Phi) is 10.1. The lowest BCUT2D eigenvalue weighted by molar-refractivity contribution is -0.139. The standard InChI is InChI=1S/C27H35ClN2O2S/c1-3-25(27(32)29-24-13-5-4-6-14-24)30(17-21-10-7-9-20(2)15-21)26(31)19-33-18-22-11-8-12-23(28)16-22/h7-12,15-16,24-25H,3-6,13-14,17-19H2,1-2H3,(H,29,32)/t25-/m0/s1. The van der Waals surface area contributed by atoms with E-state index in [0.29, 0.717) is 29.5 Å². The minimum atomic E-state index is -0.466. The van der Waals surface area contributed by atoms with E-state index < -0.39 is 6.04 Å². The van der Waals surface area contributed by atoms with Gasteiger partial charge in [0.2, 0.25) is 11.8 Å². The average molecular weight is 487 g/mol. The Morgan fingerprint density at radius 2 is 1.82 bits per heavy atom. The van der Waals surface area contributed by atoms with E-state index in [1.54, 1.807) is 16.7 Å². The topological polar surface area (TPSA) is 49.4 Å². The first-order valence-electron chi connectivity index (χ1n) is 11.9. The first-order chi connectivity index (χ1) is 16.0. The van der Waals surface area contributed by atoms with Crippen molar-refractivity contribution in [2.24, 2.45) is 0 Å². The number of carbonyl (C=O) groups is 2. The number of nitrogens with one attached hydrogen (secondary N) is 1. The van der Waals surface area contributed by atoms with Crippen molar-refractivity contribution in [3.05, 3.63) is 70.2 Å². The zero-order valence-corrected chi connectivity index (χ0v) is 21.3. The molecule has 1 atom stereocenters. The smallest absolute Gasteiger partial charge is 0.243 e. The third-order valence-electron chi connectivity index (χ3n) is 6.16. The number of halogens is 1. The molecule has 0 radical (unpaired) electrons. The molecule has 1 aliphatic rings. The molecule has 0 heterocycles. The number of hydrogen-bond donors (Lipinski definition) is 1. The van der Waals surface area contributed by atoms with E-state index in [0.717, 1.165) is 42.4 Å². The number of hydrogen-bond acceptors (Lipinski definition) is 3. The predicted octanol–water partition coefficient (Wildman–Crippen LogP) is 6.14. The number of nitrogens with zero attached hydrogens (tertiary/aromatic N) is 1. The molecule has 1 saturated carbocycles. The minimum Gasteiger partial charge on any atom is -0.352 e. The zero-order valence-electron chi connectivity index (χ0n) is 19.7. The lowest BCUT2D eigenvalue weighted by Crippen LogP contribution is -2.52. The molecule has 33 heavy (non-hydrogen) atoms. The van der Waals surface area contributed by atoms with Crippen LogP contribution in [-0.4, -0.2) is 34.6 Å². The first-order valence-corrected chi connectivity index (χ1v) is 13.5. The number of aryl methyl sites for hydroxylation is 1. The van der Waals surface area contributed by atoms with Gasteiger partial charge in [-0.15, -0.1) is 11.8 Å². The van der Waals surface area contributed by atoms with Gasteiger partial charge in [-0.1, -0.05) is 79.7 Å². The monoisotopic (exact) mass is 486 g/mol. The summed E-state index contributed by atoms with van der Waals surface area (Å²) in [4.78, 5) is 28.4. The highest BCUT2D eigenvalue weighted by Crippen LogP contribution is 2.21. The minimum absolute atomic E-state index is 0.00539. The van der Waals surface area contributed by atoms with Gasteiger partial charge in [-0.3, -0.25) is 9.59 Å². The van der Waals surface area contributed by atoms with Crippen LogP contribution in [0.2, 0.25) is 5.02 Å². The molecule has 2 aromatic carbocycles. The maximum Gasteiger partial charge on any atom is 0.243 e. The lowest BCUT2D eigenvalue weighted by atomic mass is 9.95. The summed E-state index contributed by atoms with van der Waals surface area (Å²) in [7, 11) is 0. The van der Waals surface area contributed by atoms with Gasteiger partial charge in [0.15, 0.2) is 0 Å². The van der Waals surface area contributed by atoms with Crippen LogP contribution in [0.1, 0.15) is 62.1 Å². The van der Waals surface area contributed by atoms with E-state index in [9.17, 15) is 9.59 Å². The van der Waals surface area contributed by atoms with E-state index in [1.807, 2.05) is 56.3 Å². The highest BCUT2D eigenvalue weighted by Gasteiger charge is 2.30. The summed E-state index contributed by atoms with van der Waals surface area (Å²) in [6.45, 7) is 4.47. The molecule has 0 spiro atoms. The number of amides is 2. The van der Waals surface area contributed by atoms with Crippen LogP contribution in [-0.2, 0) is 21.9 Å². The van der Waals surface area contributed by atoms with Crippen LogP contribution in [0.3, 0.4) is 0 Å².